The number of rotatable bonds is 5. The molecule has 0 aromatic heterocycles. The lowest BCUT2D eigenvalue weighted by molar-refractivity contribution is 1.31. The average molecular weight is 338 g/mol. The molecule has 2 rings (SSSR count). The van der Waals surface area contributed by atoms with Crippen molar-refractivity contribution in [2.24, 2.45) is 0 Å². The molecular formula is C16H22P4. The predicted octanol–water partition coefficient (Wildman–Crippen LogP) is 4.85. The van der Waals surface area contributed by atoms with Crippen LogP contribution in [-0.2, 0) is 24.6 Å². The Labute approximate surface area is 131 Å². The maximum absolute atomic E-state index is 2.82. The maximum Gasteiger partial charge on any atom is -0.0128 e. The van der Waals surface area contributed by atoms with E-state index in [0.717, 1.165) is 24.6 Å². The lowest BCUT2D eigenvalue weighted by Crippen LogP contribution is -1.90. The van der Waals surface area contributed by atoms with Crippen LogP contribution in [0, 0.1) is 0 Å². The zero-order chi connectivity index (χ0) is 14.5. The van der Waals surface area contributed by atoms with Crippen LogP contribution < -0.4 is 0 Å². The van der Waals surface area contributed by atoms with E-state index in [0.29, 0.717) is 0 Å². The molecule has 0 radical (unpaired) electrons. The second kappa shape index (κ2) is 7.97. The van der Waals surface area contributed by atoms with Crippen LogP contribution >= 0.6 is 37.0 Å². The molecule has 0 saturated carbocycles. The summed E-state index contributed by atoms with van der Waals surface area (Å²) in [5.41, 5.74) is 8.20. The molecule has 106 valence electrons. The van der Waals surface area contributed by atoms with Gasteiger partial charge in [0.15, 0.2) is 0 Å². The first kappa shape index (κ1) is 16.5. The van der Waals surface area contributed by atoms with Crippen molar-refractivity contribution >= 4 is 37.0 Å². The molecule has 2 aromatic carbocycles. The van der Waals surface area contributed by atoms with Crippen LogP contribution in [0.15, 0.2) is 36.4 Å². The Morgan fingerprint density at radius 2 is 0.700 bits per heavy atom. The fraction of sp³-hybridized carbons (Fsp3) is 0.250. The van der Waals surface area contributed by atoms with Gasteiger partial charge in [-0.25, -0.2) is 0 Å². The summed E-state index contributed by atoms with van der Waals surface area (Å²) in [5.74, 6) is 0. The highest BCUT2D eigenvalue weighted by Crippen LogP contribution is 2.28. The Hall–Kier alpha value is 0.160. The molecule has 0 amide bonds. The van der Waals surface area contributed by atoms with Crippen LogP contribution in [0.5, 0.6) is 0 Å². The summed E-state index contributed by atoms with van der Waals surface area (Å²) in [4.78, 5) is 0. The highest BCUT2D eigenvalue weighted by molar-refractivity contribution is 7.16. The third-order valence-electron chi connectivity index (χ3n) is 3.38. The van der Waals surface area contributed by atoms with E-state index in [1.54, 1.807) is 0 Å². The number of hydrogen-bond donors (Lipinski definition) is 0. The van der Waals surface area contributed by atoms with Gasteiger partial charge in [0, 0.05) is 0 Å². The monoisotopic (exact) mass is 338 g/mol. The van der Waals surface area contributed by atoms with Crippen molar-refractivity contribution in [3.63, 3.8) is 0 Å². The van der Waals surface area contributed by atoms with Gasteiger partial charge in [-0.15, -0.1) is 37.0 Å². The standard InChI is InChI=1S/C16H22P4/c17-7-11-1-12(8-18)4-15(3-11)16-5-13(9-19)2-14(6-16)10-20/h1-6H,7-10,17-20H2. The van der Waals surface area contributed by atoms with Gasteiger partial charge < -0.3 is 0 Å². The van der Waals surface area contributed by atoms with E-state index in [9.17, 15) is 0 Å². The smallest absolute Gasteiger partial charge is 0.0128 e. The Morgan fingerprint density at radius 1 is 0.450 bits per heavy atom. The predicted molar refractivity (Wildman–Crippen MR) is 106 cm³/mol. The van der Waals surface area contributed by atoms with Crippen LogP contribution in [0.25, 0.3) is 11.1 Å². The molecule has 0 aliphatic rings. The van der Waals surface area contributed by atoms with E-state index in [4.69, 9.17) is 0 Å². The van der Waals surface area contributed by atoms with Crippen molar-refractivity contribution in [1.82, 2.24) is 0 Å². The van der Waals surface area contributed by atoms with Crippen LogP contribution in [0.2, 0.25) is 0 Å². The SMILES string of the molecule is PCc1cc(CP)cc(-c2cc(CP)cc(CP)c2)c1. The van der Waals surface area contributed by atoms with Gasteiger partial charge >= 0.3 is 0 Å². The Kier molecular flexibility index (Phi) is 6.59. The van der Waals surface area contributed by atoms with Gasteiger partial charge in [0.2, 0.25) is 0 Å². The van der Waals surface area contributed by atoms with Crippen molar-refractivity contribution < 1.29 is 0 Å². The molecule has 4 unspecified atom stereocenters. The second-order valence-electron chi connectivity index (χ2n) is 4.89. The van der Waals surface area contributed by atoms with Gasteiger partial charge in [-0.2, -0.15) is 0 Å². The molecule has 0 fully saturated rings. The minimum Gasteiger partial charge on any atom is -0.133 e. The molecule has 0 aliphatic heterocycles. The average Bonchev–Trinajstić information content (AvgIpc) is 2.53. The molecule has 0 aliphatic carbocycles. The maximum atomic E-state index is 2.82. The summed E-state index contributed by atoms with van der Waals surface area (Å²) in [6, 6.07) is 13.8. The van der Waals surface area contributed by atoms with Gasteiger partial charge in [0.05, 0.1) is 0 Å². The first-order chi connectivity index (χ1) is 9.69. The number of benzene rings is 2. The summed E-state index contributed by atoms with van der Waals surface area (Å²) in [6.45, 7) is 0. The molecule has 0 N–H and O–H groups in total. The van der Waals surface area contributed by atoms with Crippen LogP contribution in [0.3, 0.4) is 0 Å². The molecule has 4 heteroatoms. The molecule has 4 atom stereocenters. The first-order valence-corrected chi connectivity index (χ1v) is 10.0. The zero-order valence-corrected chi connectivity index (χ0v) is 16.2. The summed E-state index contributed by atoms with van der Waals surface area (Å²) in [6.07, 6.45) is 4.02. The van der Waals surface area contributed by atoms with E-state index in [2.05, 4.69) is 73.4 Å². The van der Waals surface area contributed by atoms with Crippen molar-refractivity contribution in [3.05, 3.63) is 58.7 Å². The van der Waals surface area contributed by atoms with Crippen LogP contribution in [-0.4, -0.2) is 0 Å². The summed E-state index contributed by atoms with van der Waals surface area (Å²) in [7, 11) is 11.3. The van der Waals surface area contributed by atoms with E-state index >= 15 is 0 Å². The first-order valence-electron chi connectivity index (χ1n) is 6.76. The molecule has 0 heterocycles. The molecule has 0 spiro atoms. The van der Waals surface area contributed by atoms with Crippen molar-refractivity contribution in [1.29, 1.82) is 0 Å². The largest absolute Gasteiger partial charge is 0.133 e. The Bertz CT molecular complexity index is 495. The molecule has 0 saturated heterocycles. The lowest BCUT2D eigenvalue weighted by Gasteiger charge is -2.11. The normalized spacial score (nSPS) is 10.8. The minimum atomic E-state index is 1.01. The van der Waals surface area contributed by atoms with Gasteiger partial charge in [-0.3, -0.25) is 0 Å². The van der Waals surface area contributed by atoms with Gasteiger partial charge in [-0.05, 0) is 58.0 Å². The fourth-order valence-corrected chi connectivity index (χ4v) is 3.27. The Balaban J connectivity index is 2.54. The minimum absolute atomic E-state index is 1.01. The molecule has 0 bridgehead atoms. The van der Waals surface area contributed by atoms with E-state index < -0.39 is 0 Å². The Morgan fingerprint density at radius 3 is 0.900 bits per heavy atom. The fourth-order valence-electron chi connectivity index (χ4n) is 2.33. The molecule has 0 nitrogen and oxygen atoms in total. The van der Waals surface area contributed by atoms with E-state index in [-0.39, 0.29) is 0 Å². The van der Waals surface area contributed by atoms with Gasteiger partial charge in [0.25, 0.3) is 0 Å². The van der Waals surface area contributed by atoms with Crippen LogP contribution in [0.1, 0.15) is 22.3 Å². The van der Waals surface area contributed by atoms with Crippen molar-refractivity contribution in [2.75, 3.05) is 0 Å². The second-order valence-corrected chi connectivity index (χ2v) is 6.53. The van der Waals surface area contributed by atoms with Crippen molar-refractivity contribution in [3.8, 4) is 11.1 Å². The summed E-state index contributed by atoms with van der Waals surface area (Å²) < 4.78 is 0. The lowest BCUT2D eigenvalue weighted by atomic mass is 9.97. The van der Waals surface area contributed by atoms with Gasteiger partial charge in [0.1, 0.15) is 0 Å². The van der Waals surface area contributed by atoms with E-state index in [1.165, 1.54) is 33.4 Å². The summed E-state index contributed by atoms with van der Waals surface area (Å²) >= 11 is 0. The number of hydrogen-bond acceptors (Lipinski definition) is 0. The highest BCUT2D eigenvalue weighted by atomic mass is 31.0. The third kappa shape index (κ3) is 4.09. The third-order valence-corrected chi connectivity index (χ3v) is 5.27. The topological polar surface area (TPSA) is 0 Å². The summed E-state index contributed by atoms with van der Waals surface area (Å²) in [5, 5.41) is 0. The van der Waals surface area contributed by atoms with E-state index in [1.807, 2.05) is 0 Å². The van der Waals surface area contributed by atoms with Crippen molar-refractivity contribution in [2.45, 2.75) is 24.6 Å². The zero-order valence-electron chi connectivity index (χ0n) is 11.6. The van der Waals surface area contributed by atoms with Crippen LogP contribution in [0.4, 0.5) is 0 Å². The molecule has 2 aromatic rings. The van der Waals surface area contributed by atoms with Gasteiger partial charge in [-0.1, -0.05) is 36.4 Å². The quantitative estimate of drug-likeness (QED) is 0.684. The molecule has 20 heavy (non-hydrogen) atoms. The highest BCUT2D eigenvalue weighted by Gasteiger charge is 2.05. The molecular weight excluding hydrogens is 316 g/mol.